The second kappa shape index (κ2) is 6.61. The topological polar surface area (TPSA) is 35.2 Å². The molecule has 4 rings (SSSR count). The Morgan fingerprint density at radius 2 is 2.33 bits per heavy atom. The Morgan fingerprint density at radius 3 is 3.17 bits per heavy atom. The summed E-state index contributed by atoms with van der Waals surface area (Å²) in [7, 11) is 2.21. The van der Waals surface area contributed by atoms with Gasteiger partial charge in [0.05, 0.1) is 0 Å². The summed E-state index contributed by atoms with van der Waals surface area (Å²) >= 11 is 6.61. The molecule has 126 valence electrons. The second-order valence-corrected chi connectivity index (χ2v) is 7.29. The number of piperidine rings is 1. The Kier molecular flexibility index (Phi) is 4.33. The van der Waals surface area contributed by atoms with Crippen molar-refractivity contribution in [2.45, 2.75) is 12.8 Å². The molecule has 4 nitrogen and oxygen atoms in total. The molecular formula is C19H23ClN4. The van der Waals surface area contributed by atoms with Crippen LogP contribution in [0.1, 0.15) is 18.4 Å². The largest absolute Gasteiger partial charge is 0.358 e. The van der Waals surface area contributed by atoms with Gasteiger partial charge in [0.15, 0.2) is 0 Å². The molecule has 0 aromatic carbocycles. The third-order valence-corrected chi connectivity index (χ3v) is 5.42. The fourth-order valence-corrected chi connectivity index (χ4v) is 4.11. The zero-order valence-electron chi connectivity index (χ0n) is 14.0. The van der Waals surface area contributed by atoms with Gasteiger partial charge < -0.3 is 14.8 Å². The summed E-state index contributed by atoms with van der Waals surface area (Å²) in [6, 6.07) is 4.07. The molecule has 1 atom stereocenters. The molecule has 1 saturated heterocycles. The number of likely N-dealkylation sites (tertiary alicyclic amines) is 1. The molecule has 0 radical (unpaired) electrons. The van der Waals surface area contributed by atoms with Gasteiger partial charge in [-0.2, -0.15) is 0 Å². The van der Waals surface area contributed by atoms with Crippen molar-refractivity contribution < 1.29 is 0 Å². The SMILES string of the molecule is CN1CCCC(CN2CC=C(c3c[nH]c4ncccc34)C=C2Cl)C1. The van der Waals surface area contributed by atoms with Crippen molar-refractivity contribution in [3.8, 4) is 0 Å². The van der Waals surface area contributed by atoms with E-state index in [2.05, 4.69) is 45.0 Å². The van der Waals surface area contributed by atoms with Crippen molar-refractivity contribution in [2.24, 2.45) is 5.92 Å². The summed E-state index contributed by atoms with van der Waals surface area (Å²) in [6.07, 6.45) is 10.8. The number of pyridine rings is 1. The molecule has 1 N–H and O–H groups in total. The first kappa shape index (κ1) is 15.7. The Bertz CT molecular complexity index is 792. The fraction of sp³-hybridized carbons (Fsp3) is 0.421. The molecule has 0 saturated carbocycles. The first-order chi connectivity index (χ1) is 11.7. The molecule has 1 fully saturated rings. The number of nitrogens with one attached hydrogen (secondary N) is 1. The number of H-pyrrole nitrogens is 1. The minimum atomic E-state index is 0.707. The number of rotatable bonds is 3. The molecule has 4 heterocycles. The smallest absolute Gasteiger partial charge is 0.137 e. The predicted octanol–water partition coefficient (Wildman–Crippen LogP) is 3.68. The number of hydrogen-bond donors (Lipinski definition) is 1. The molecule has 0 bridgehead atoms. The summed E-state index contributed by atoms with van der Waals surface area (Å²) < 4.78 is 0. The molecular weight excluding hydrogens is 320 g/mol. The van der Waals surface area contributed by atoms with Crippen LogP contribution in [0.25, 0.3) is 16.6 Å². The van der Waals surface area contributed by atoms with Crippen molar-refractivity contribution in [3.05, 3.63) is 47.4 Å². The first-order valence-electron chi connectivity index (χ1n) is 8.64. The number of aromatic amines is 1. The molecule has 2 aromatic rings. The molecule has 2 aromatic heterocycles. The van der Waals surface area contributed by atoms with Gasteiger partial charge in [-0.25, -0.2) is 4.98 Å². The normalized spacial score (nSPS) is 22.6. The van der Waals surface area contributed by atoms with Crippen LogP contribution in [0, 0.1) is 5.92 Å². The predicted molar refractivity (Wildman–Crippen MR) is 99.8 cm³/mol. The maximum atomic E-state index is 6.61. The molecule has 0 spiro atoms. The van der Waals surface area contributed by atoms with E-state index in [9.17, 15) is 0 Å². The molecule has 0 amide bonds. The molecule has 0 aliphatic carbocycles. The van der Waals surface area contributed by atoms with E-state index < -0.39 is 0 Å². The lowest BCUT2D eigenvalue weighted by Gasteiger charge is -2.35. The van der Waals surface area contributed by atoms with Crippen molar-refractivity contribution in [3.63, 3.8) is 0 Å². The van der Waals surface area contributed by atoms with Gasteiger partial charge >= 0.3 is 0 Å². The lowest BCUT2D eigenvalue weighted by Crippen LogP contribution is -2.39. The summed E-state index contributed by atoms with van der Waals surface area (Å²) in [5.41, 5.74) is 3.27. The minimum Gasteiger partial charge on any atom is -0.358 e. The highest BCUT2D eigenvalue weighted by Crippen LogP contribution is 2.31. The van der Waals surface area contributed by atoms with Crippen LogP contribution in [0.4, 0.5) is 0 Å². The van der Waals surface area contributed by atoms with E-state index >= 15 is 0 Å². The molecule has 5 heteroatoms. The number of nitrogens with zero attached hydrogens (tertiary/aromatic N) is 3. The van der Waals surface area contributed by atoms with Gasteiger partial charge in [0.2, 0.25) is 0 Å². The number of fused-ring (bicyclic) bond motifs is 1. The Labute approximate surface area is 147 Å². The number of allylic oxidation sites excluding steroid dienone is 2. The zero-order valence-corrected chi connectivity index (χ0v) is 14.8. The van der Waals surface area contributed by atoms with Crippen molar-refractivity contribution in [1.82, 2.24) is 19.8 Å². The van der Waals surface area contributed by atoms with Crippen molar-refractivity contribution in [2.75, 3.05) is 33.2 Å². The molecule has 24 heavy (non-hydrogen) atoms. The van der Waals surface area contributed by atoms with E-state index in [4.69, 9.17) is 11.6 Å². The fourth-order valence-electron chi connectivity index (χ4n) is 3.85. The van der Waals surface area contributed by atoms with E-state index in [1.807, 2.05) is 18.5 Å². The van der Waals surface area contributed by atoms with Crippen LogP contribution in [-0.4, -0.2) is 53.0 Å². The highest BCUT2D eigenvalue weighted by Gasteiger charge is 2.22. The van der Waals surface area contributed by atoms with E-state index in [0.29, 0.717) is 5.92 Å². The van der Waals surface area contributed by atoms with E-state index in [1.165, 1.54) is 37.1 Å². The first-order valence-corrected chi connectivity index (χ1v) is 9.02. The monoisotopic (exact) mass is 342 g/mol. The van der Waals surface area contributed by atoms with Crippen LogP contribution in [-0.2, 0) is 0 Å². The Morgan fingerprint density at radius 1 is 1.42 bits per heavy atom. The highest BCUT2D eigenvalue weighted by atomic mass is 35.5. The van der Waals surface area contributed by atoms with Gasteiger partial charge in [0.25, 0.3) is 0 Å². The van der Waals surface area contributed by atoms with Gasteiger partial charge in [-0.15, -0.1) is 0 Å². The minimum absolute atomic E-state index is 0.707. The van der Waals surface area contributed by atoms with Gasteiger partial charge in [-0.05, 0) is 56.1 Å². The van der Waals surface area contributed by atoms with Crippen LogP contribution in [0.5, 0.6) is 0 Å². The Hall–Kier alpha value is -1.78. The standard InChI is InChI=1S/C19H23ClN4/c1-23-8-3-4-14(12-23)13-24-9-6-15(10-18(24)20)17-11-22-19-16(17)5-2-7-21-19/h2,5-7,10-11,14H,3-4,8-9,12-13H2,1H3,(H,21,22). The summed E-state index contributed by atoms with van der Waals surface area (Å²) in [6.45, 7) is 4.31. The average Bonchev–Trinajstić information content (AvgIpc) is 3.01. The van der Waals surface area contributed by atoms with Crippen LogP contribution in [0.2, 0.25) is 0 Å². The summed E-state index contributed by atoms with van der Waals surface area (Å²) in [5, 5.41) is 1.99. The average molecular weight is 343 g/mol. The third-order valence-electron chi connectivity index (χ3n) is 5.07. The van der Waals surface area contributed by atoms with Crippen molar-refractivity contribution >= 4 is 28.2 Å². The van der Waals surface area contributed by atoms with Crippen LogP contribution in [0.3, 0.4) is 0 Å². The second-order valence-electron chi connectivity index (χ2n) is 6.90. The Balaban J connectivity index is 1.50. The lowest BCUT2D eigenvalue weighted by atomic mass is 9.97. The number of hydrogen-bond acceptors (Lipinski definition) is 3. The van der Waals surface area contributed by atoms with Crippen LogP contribution >= 0.6 is 11.6 Å². The van der Waals surface area contributed by atoms with E-state index in [-0.39, 0.29) is 0 Å². The summed E-state index contributed by atoms with van der Waals surface area (Å²) in [4.78, 5) is 12.3. The zero-order chi connectivity index (χ0) is 16.5. The van der Waals surface area contributed by atoms with Gasteiger partial charge in [-0.3, -0.25) is 0 Å². The number of halogens is 1. The van der Waals surface area contributed by atoms with Crippen molar-refractivity contribution in [1.29, 1.82) is 0 Å². The lowest BCUT2D eigenvalue weighted by molar-refractivity contribution is 0.178. The maximum Gasteiger partial charge on any atom is 0.137 e. The van der Waals surface area contributed by atoms with Gasteiger partial charge in [0.1, 0.15) is 10.8 Å². The highest BCUT2D eigenvalue weighted by molar-refractivity contribution is 6.30. The van der Waals surface area contributed by atoms with E-state index in [1.54, 1.807) is 0 Å². The number of aromatic nitrogens is 2. The molecule has 2 aliphatic rings. The quantitative estimate of drug-likeness (QED) is 0.864. The third kappa shape index (κ3) is 3.08. The maximum absolute atomic E-state index is 6.61. The summed E-state index contributed by atoms with van der Waals surface area (Å²) in [5.74, 6) is 0.707. The van der Waals surface area contributed by atoms with Gasteiger partial charge in [0, 0.05) is 43.0 Å². The van der Waals surface area contributed by atoms with Crippen LogP contribution in [0.15, 0.2) is 41.8 Å². The molecule has 1 unspecified atom stereocenters. The molecule has 2 aliphatic heterocycles. The van der Waals surface area contributed by atoms with E-state index in [0.717, 1.165) is 29.3 Å². The van der Waals surface area contributed by atoms with Crippen LogP contribution < -0.4 is 0 Å². The van der Waals surface area contributed by atoms with Gasteiger partial charge in [-0.1, -0.05) is 17.7 Å².